The first kappa shape index (κ1) is 11.9. The zero-order chi connectivity index (χ0) is 12.6. The van der Waals surface area contributed by atoms with Crippen LogP contribution in [0.15, 0.2) is 18.2 Å². The molecule has 0 spiro atoms. The van der Waals surface area contributed by atoms with E-state index in [4.69, 9.17) is 11.6 Å². The van der Waals surface area contributed by atoms with Gasteiger partial charge in [0.05, 0.1) is 5.69 Å². The molecular weight excluding hydrogens is 246 g/mol. The third-order valence-corrected chi connectivity index (χ3v) is 2.76. The highest BCUT2D eigenvalue weighted by molar-refractivity contribution is 6.30. The lowest BCUT2D eigenvalue weighted by molar-refractivity contribution is 0.509. The minimum absolute atomic E-state index is 0.317. The Balaban J connectivity index is 2.64. The molecule has 0 bridgehead atoms. The Morgan fingerprint density at radius 3 is 2.41 bits per heavy atom. The van der Waals surface area contributed by atoms with E-state index in [1.54, 1.807) is 13.8 Å². The van der Waals surface area contributed by atoms with Crippen molar-refractivity contribution in [2.75, 3.05) is 0 Å². The molecule has 1 heterocycles. The summed E-state index contributed by atoms with van der Waals surface area (Å²) in [6, 6.07) is 3.62. The maximum Gasteiger partial charge on any atom is 0.159 e. The predicted molar refractivity (Wildman–Crippen MR) is 61.9 cm³/mol. The largest absolute Gasteiger partial charge is 0.233 e. The summed E-state index contributed by atoms with van der Waals surface area (Å²) in [5, 5.41) is 0.317. The van der Waals surface area contributed by atoms with Crippen LogP contribution in [0.4, 0.5) is 8.78 Å². The lowest BCUT2D eigenvalue weighted by Crippen LogP contribution is -1.97. The zero-order valence-corrected chi connectivity index (χ0v) is 10.0. The quantitative estimate of drug-likeness (QED) is 0.726. The molecule has 0 fully saturated rings. The standard InChI is InChI=1S/C12H9ClF2N2/c1-6-11(16-7(2)17-12(6)13)8-3-4-9(14)10(15)5-8/h3-5H,1-2H3. The first-order chi connectivity index (χ1) is 7.99. The van der Waals surface area contributed by atoms with Crippen molar-refractivity contribution in [3.8, 4) is 11.3 Å². The number of aryl methyl sites for hydroxylation is 1. The minimum atomic E-state index is -0.908. The fourth-order valence-corrected chi connectivity index (χ4v) is 1.73. The molecule has 17 heavy (non-hydrogen) atoms. The first-order valence-corrected chi connectivity index (χ1v) is 5.33. The number of nitrogens with zero attached hydrogens (tertiary/aromatic N) is 2. The van der Waals surface area contributed by atoms with Gasteiger partial charge < -0.3 is 0 Å². The Labute approximate surface area is 102 Å². The Morgan fingerprint density at radius 1 is 1.06 bits per heavy atom. The molecule has 0 aliphatic rings. The summed E-state index contributed by atoms with van der Waals surface area (Å²) in [6.07, 6.45) is 0. The van der Waals surface area contributed by atoms with Gasteiger partial charge in [-0.15, -0.1) is 0 Å². The van der Waals surface area contributed by atoms with Crippen molar-refractivity contribution >= 4 is 11.6 Å². The van der Waals surface area contributed by atoms with Crippen molar-refractivity contribution in [2.45, 2.75) is 13.8 Å². The average molecular weight is 255 g/mol. The first-order valence-electron chi connectivity index (χ1n) is 4.95. The summed E-state index contributed by atoms with van der Waals surface area (Å²) in [4.78, 5) is 8.18. The van der Waals surface area contributed by atoms with E-state index in [0.717, 1.165) is 12.1 Å². The van der Waals surface area contributed by atoms with Crippen molar-refractivity contribution in [3.63, 3.8) is 0 Å². The van der Waals surface area contributed by atoms with E-state index in [1.165, 1.54) is 6.07 Å². The number of benzene rings is 1. The van der Waals surface area contributed by atoms with Crippen LogP contribution >= 0.6 is 11.6 Å². The molecule has 0 atom stereocenters. The number of aromatic nitrogens is 2. The Bertz CT molecular complexity index is 585. The summed E-state index contributed by atoms with van der Waals surface area (Å²) in [7, 11) is 0. The van der Waals surface area contributed by atoms with Gasteiger partial charge in [-0.1, -0.05) is 11.6 Å². The third kappa shape index (κ3) is 2.26. The number of hydrogen-bond donors (Lipinski definition) is 0. The van der Waals surface area contributed by atoms with Crippen LogP contribution in [0.5, 0.6) is 0 Å². The van der Waals surface area contributed by atoms with Gasteiger partial charge in [0.25, 0.3) is 0 Å². The van der Waals surface area contributed by atoms with E-state index in [-0.39, 0.29) is 0 Å². The smallest absolute Gasteiger partial charge is 0.159 e. The van der Waals surface area contributed by atoms with E-state index in [2.05, 4.69) is 9.97 Å². The van der Waals surface area contributed by atoms with Crippen molar-refractivity contribution in [1.82, 2.24) is 9.97 Å². The molecule has 1 aromatic heterocycles. The lowest BCUT2D eigenvalue weighted by Gasteiger charge is -2.07. The van der Waals surface area contributed by atoms with Crippen LogP contribution in [0.25, 0.3) is 11.3 Å². The second kappa shape index (κ2) is 4.37. The molecule has 2 aromatic rings. The molecule has 0 aliphatic carbocycles. The second-order valence-electron chi connectivity index (χ2n) is 3.66. The van der Waals surface area contributed by atoms with Crippen LogP contribution in [0.2, 0.25) is 5.15 Å². The van der Waals surface area contributed by atoms with E-state index >= 15 is 0 Å². The van der Waals surface area contributed by atoms with Crippen LogP contribution in [0.3, 0.4) is 0 Å². The van der Waals surface area contributed by atoms with E-state index in [9.17, 15) is 8.78 Å². The van der Waals surface area contributed by atoms with Gasteiger partial charge in [0, 0.05) is 11.1 Å². The molecule has 88 valence electrons. The van der Waals surface area contributed by atoms with Crippen LogP contribution in [0.1, 0.15) is 11.4 Å². The predicted octanol–water partition coefficient (Wildman–Crippen LogP) is 3.69. The summed E-state index contributed by atoms with van der Waals surface area (Å²) in [6.45, 7) is 3.42. The van der Waals surface area contributed by atoms with Gasteiger partial charge in [-0.2, -0.15) is 0 Å². The number of rotatable bonds is 1. The van der Waals surface area contributed by atoms with E-state index in [0.29, 0.717) is 27.8 Å². The maximum atomic E-state index is 13.1. The zero-order valence-electron chi connectivity index (χ0n) is 9.26. The van der Waals surface area contributed by atoms with Gasteiger partial charge in [-0.05, 0) is 32.0 Å². The highest BCUT2D eigenvalue weighted by Crippen LogP contribution is 2.26. The monoisotopic (exact) mass is 254 g/mol. The summed E-state index contributed by atoms with van der Waals surface area (Å²) in [5.74, 6) is -1.31. The summed E-state index contributed by atoms with van der Waals surface area (Å²) < 4.78 is 26.0. The Morgan fingerprint density at radius 2 is 1.76 bits per heavy atom. The van der Waals surface area contributed by atoms with E-state index in [1.807, 2.05) is 0 Å². The molecule has 2 nitrogen and oxygen atoms in total. The Kier molecular flexibility index (Phi) is 3.07. The molecule has 0 radical (unpaired) electrons. The summed E-state index contributed by atoms with van der Waals surface area (Å²) >= 11 is 5.92. The molecule has 0 amide bonds. The van der Waals surface area contributed by atoms with Crippen molar-refractivity contribution in [1.29, 1.82) is 0 Å². The summed E-state index contributed by atoms with van der Waals surface area (Å²) in [5.41, 5.74) is 1.64. The number of hydrogen-bond acceptors (Lipinski definition) is 2. The highest BCUT2D eigenvalue weighted by Gasteiger charge is 2.11. The molecule has 0 saturated carbocycles. The molecule has 0 N–H and O–H groups in total. The normalized spacial score (nSPS) is 10.6. The van der Waals surface area contributed by atoms with Gasteiger partial charge in [-0.3, -0.25) is 0 Å². The molecule has 0 unspecified atom stereocenters. The maximum absolute atomic E-state index is 13.1. The van der Waals surface area contributed by atoms with E-state index < -0.39 is 11.6 Å². The van der Waals surface area contributed by atoms with Crippen LogP contribution < -0.4 is 0 Å². The molecular formula is C12H9ClF2N2. The average Bonchev–Trinajstić information content (AvgIpc) is 2.27. The topological polar surface area (TPSA) is 25.8 Å². The molecule has 1 aromatic carbocycles. The van der Waals surface area contributed by atoms with Gasteiger partial charge in [-0.25, -0.2) is 18.7 Å². The van der Waals surface area contributed by atoms with Crippen molar-refractivity contribution < 1.29 is 8.78 Å². The fraction of sp³-hybridized carbons (Fsp3) is 0.167. The molecule has 2 rings (SSSR count). The molecule has 0 saturated heterocycles. The lowest BCUT2D eigenvalue weighted by atomic mass is 10.1. The van der Waals surface area contributed by atoms with Gasteiger partial charge in [0.15, 0.2) is 11.6 Å². The van der Waals surface area contributed by atoms with Crippen molar-refractivity contribution in [2.24, 2.45) is 0 Å². The highest BCUT2D eigenvalue weighted by atomic mass is 35.5. The second-order valence-corrected chi connectivity index (χ2v) is 4.02. The fourth-order valence-electron chi connectivity index (χ4n) is 1.52. The van der Waals surface area contributed by atoms with Crippen LogP contribution in [-0.4, -0.2) is 9.97 Å². The molecule has 0 aliphatic heterocycles. The molecule has 5 heteroatoms. The van der Waals surface area contributed by atoms with Crippen LogP contribution in [0, 0.1) is 25.5 Å². The van der Waals surface area contributed by atoms with Crippen LogP contribution in [-0.2, 0) is 0 Å². The Hall–Kier alpha value is -1.55. The SMILES string of the molecule is Cc1nc(Cl)c(C)c(-c2ccc(F)c(F)c2)n1. The minimum Gasteiger partial charge on any atom is -0.233 e. The number of halogens is 3. The third-order valence-electron chi connectivity index (χ3n) is 2.39. The van der Waals surface area contributed by atoms with Gasteiger partial charge >= 0.3 is 0 Å². The van der Waals surface area contributed by atoms with Gasteiger partial charge in [0.2, 0.25) is 0 Å². The van der Waals surface area contributed by atoms with Crippen molar-refractivity contribution in [3.05, 3.63) is 46.4 Å². The van der Waals surface area contributed by atoms with Gasteiger partial charge in [0.1, 0.15) is 11.0 Å².